The minimum atomic E-state index is -0.752. The van der Waals surface area contributed by atoms with E-state index in [-0.39, 0.29) is 16.3 Å². The van der Waals surface area contributed by atoms with Crippen molar-refractivity contribution >= 4 is 34.4 Å². The second-order valence-corrected chi connectivity index (χ2v) is 6.00. The number of hydrogen-bond acceptors (Lipinski definition) is 4. The van der Waals surface area contributed by atoms with Crippen molar-refractivity contribution in [3.05, 3.63) is 76.9 Å². The number of rotatable bonds is 3. The van der Waals surface area contributed by atoms with Crippen LogP contribution in [-0.4, -0.2) is 25.9 Å². The third kappa shape index (κ3) is 3.22. The molecular weight excluding hydrogens is 376 g/mol. The number of pyridine rings is 1. The number of fused-ring (bicyclic) bond motifs is 1. The summed E-state index contributed by atoms with van der Waals surface area (Å²) in [6, 6.07) is 10.9. The zero-order chi connectivity index (χ0) is 19.0. The number of aromatic nitrogens is 4. The molecule has 0 fully saturated rings. The summed E-state index contributed by atoms with van der Waals surface area (Å²) < 4.78 is 28.4. The zero-order valence-corrected chi connectivity index (χ0v) is 14.3. The summed E-state index contributed by atoms with van der Waals surface area (Å²) in [5.74, 6) is -2.09. The number of amides is 1. The van der Waals surface area contributed by atoms with Crippen LogP contribution in [0, 0.1) is 11.6 Å². The number of carbonyl (C=O) groups excluding carboxylic acids is 1. The smallest absolute Gasteiger partial charge is 0.257 e. The van der Waals surface area contributed by atoms with Gasteiger partial charge in [-0.3, -0.25) is 4.79 Å². The summed E-state index contributed by atoms with van der Waals surface area (Å²) in [7, 11) is 0. The average Bonchev–Trinajstić information content (AvgIpc) is 3.08. The topological polar surface area (TPSA) is 72.7 Å². The lowest BCUT2D eigenvalue weighted by atomic mass is 10.2. The number of nitrogens with zero attached hydrogens (tertiary/aromatic N) is 4. The Morgan fingerprint density at radius 3 is 2.78 bits per heavy atom. The fourth-order valence-corrected chi connectivity index (χ4v) is 2.80. The summed E-state index contributed by atoms with van der Waals surface area (Å²) in [5.41, 5.74) is 1.52. The molecule has 0 atom stereocenters. The lowest BCUT2D eigenvalue weighted by molar-refractivity contribution is 0.102. The minimum Gasteiger partial charge on any atom is -0.319 e. The Labute approximate surface area is 156 Å². The van der Waals surface area contributed by atoms with Crippen molar-refractivity contribution in [2.45, 2.75) is 0 Å². The first-order valence-electron chi connectivity index (χ1n) is 7.76. The summed E-state index contributed by atoms with van der Waals surface area (Å²) in [6.45, 7) is 0. The summed E-state index contributed by atoms with van der Waals surface area (Å²) in [6.07, 6.45) is 1.61. The third-order valence-electron chi connectivity index (χ3n) is 3.83. The molecule has 0 aliphatic carbocycles. The van der Waals surface area contributed by atoms with Crippen molar-refractivity contribution in [2.24, 2.45) is 0 Å². The summed E-state index contributed by atoms with van der Waals surface area (Å²) >= 11 is 6.22. The normalized spacial score (nSPS) is 10.9. The monoisotopic (exact) mass is 385 g/mol. The number of halogens is 3. The zero-order valence-electron chi connectivity index (χ0n) is 13.5. The number of hydrogen-bond donors (Lipinski definition) is 1. The highest BCUT2D eigenvalue weighted by molar-refractivity contribution is 6.34. The van der Waals surface area contributed by atoms with Crippen molar-refractivity contribution in [1.82, 2.24) is 20.0 Å². The van der Waals surface area contributed by atoms with Gasteiger partial charge in [-0.05, 0) is 42.5 Å². The average molecular weight is 386 g/mol. The highest BCUT2D eigenvalue weighted by Crippen LogP contribution is 2.24. The van der Waals surface area contributed by atoms with Gasteiger partial charge in [-0.1, -0.05) is 16.8 Å². The lowest BCUT2D eigenvalue weighted by Crippen LogP contribution is -2.14. The first-order chi connectivity index (χ1) is 13.0. The van der Waals surface area contributed by atoms with Crippen molar-refractivity contribution in [3.8, 4) is 5.69 Å². The van der Waals surface area contributed by atoms with Crippen LogP contribution in [0.1, 0.15) is 10.4 Å². The fraction of sp³-hybridized carbons (Fsp3) is 0. The third-order valence-corrected chi connectivity index (χ3v) is 4.14. The predicted molar refractivity (Wildman–Crippen MR) is 96.0 cm³/mol. The molecule has 0 unspecified atom stereocenters. The maximum Gasteiger partial charge on any atom is 0.257 e. The van der Waals surface area contributed by atoms with Gasteiger partial charge in [0.1, 0.15) is 17.2 Å². The van der Waals surface area contributed by atoms with Crippen LogP contribution >= 0.6 is 11.6 Å². The molecule has 0 aliphatic rings. The highest BCUT2D eigenvalue weighted by atomic mass is 35.5. The van der Waals surface area contributed by atoms with Crippen molar-refractivity contribution in [3.63, 3.8) is 0 Å². The molecule has 4 aromatic rings. The Kier molecular flexibility index (Phi) is 4.25. The quantitative estimate of drug-likeness (QED) is 0.578. The number of nitrogens with one attached hydrogen (secondary N) is 1. The Hall–Kier alpha value is -3.39. The van der Waals surface area contributed by atoms with E-state index in [9.17, 15) is 13.6 Å². The molecule has 0 spiro atoms. The van der Waals surface area contributed by atoms with Gasteiger partial charge >= 0.3 is 0 Å². The van der Waals surface area contributed by atoms with E-state index >= 15 is 0 Å². The molecule has 6 nitrogen and oxygen atoms in total. The van der Waals surface area contributed by atoms with Crippen LogP contribution in [-0.2, 0) is 0 Å². The molecule has 1 amide bonds. The Morgan fingerprint density at radius 1 is 1.11 bits per heavy atom. The first-order valence-corrected chi connectivity index (χ1v) is 8.13. The molecule has 0 saturated heterocycles. The molecule has 1 N–H and O–H groups in total. The Bertz CT molecular complexity index is 1180. The lowest BCUT2D eigenvalue weighted by Gasteiger charge is -2.09. The van der Waals surface area contributed by atoms with E-state index in [2.05, 4.69) is 20.6 Å². The highest BCUT2D eigenvalue weighted by Gasteiger charge is 2.15. The first kappa shape index (κ1) is 17.0. The van der Waals surface area contributed by atoms with Gasteiger partial charge in [-0.2, -0.15) is 4.68 Å². The SMILES string of the molecule is O=C(Nc1cc(F)ccc1F)c1ccc(-n2nnc3cccnc32)cc1Cl. The number of carbonyl (C=O) groups is 1. The van der Waals surface area contributed by atoms with Crippen LogP contribution in [0.15, 0.2) is 54.7 Å². The molecule has 9 heteroatoms. The van der Waals surface area contributed by atoms with Crippen LogP contribution in [0.4, 0.5) is 14.5 Å². The van der Waals surface area contributed by atoms with Crippen LogP contribution in [0.25, 0.3) is 16.9 Å². The van der Waals surface area contributed by atoms with Crippen molar-refractivity contribution in [1.29, 1.82) is 0 Å². The van der Waals surface area contributed by atoms with E-state index in [0.717, 1.165) is 18.2 Å². The van der Waals surface area contributed by atoms with Crippen LogP contribution < -0.4 is 5.32 Å². The second-order valence-electron chi connectivity index (χ2n) is 5.59. The van der Waals surface area contributed by atoms with E-state index in [4.69, 9.17) is 11.6 Å². The van der Waals surface area contributed by atoms with Gasteiger partial charge in [0.25, 0.3) is 5.91 Å². The molecular formula is C18H10ClF2N5O. The predicted octanol–water partition coefficient (Wildman–Crippen LogP) is 4.00. The van der Waals surface area contributed by atoms with Gasteiger partial charge in [-0.25, -0.2) is 13.8 Å². The Balaban J connectivity index is 1.65. The molecule has 27 heavy (non-hydrogen) atoms. The fourth-order valence-electron chi connectivity index (χ4n) is 2.54. The summed E-state index contributed by atoms with van der Waals surface area (Å²) in [5, 5.41) is 10.4. The standard InChI is InChI=1S/C18H10ClF2N5O/c19-13-9-11(26-17-15(24-25-26)2-1-7-22-17)4-5-12(13)18(27)23-16-8-10(20)3-6-14(16)21/h1-9H,(H,23,27). The van der Waals surface area contributed by atoms with Crippen molar-refractivity contribution < 1.29 is 13.6 Å². The van der Waals surface area contributed by atoms with Crippen LogP contribution in [0.2, 0.25) is 5.02 Å². The van der Waals surface area contributed by atoms with E-state index < -0.39 is 17.5 Å². The van der Waals surface area contributed by atoms with E-state index in [1.165, 1.54) is 16.8 Å². The van der Waals surface area contributed by atoms with E-state index in [0.29, 0.717) is 16.9 Å². The van der Waals surface area contributed by atoms with E-state index in [1.54, 1.807) is 24.4 Å². The van der Waals surface area contributed by atoms with Gasteiger partial charge in [-0.15, -0.1) is 5.10 Å². The van der Waals surface area contributed by atoms with Gasteiger partial charge in [0, 0.05) is 12.3 Å². The van der Waals surface area contributed by atoms with Crippen LogP contribution in [0.3, 0.4) is 0 Å². The van der Waals surface area contributed by atoms with Gasteiger partial charge in [0.05, 0.1) is 22.0 Å². The molecule has 2 aromatic heterocycles. The maximum atomic E-state index is 13.7. The molecule has 4 rings (SSSR count). The maximum absolute atomic E-state index is 13.7. The van der Waals surface area contributed by atoms with Crippen LogP contribution in [0.5, 0.6) is 0 Å². The molecule has 0 aliphatic heterocycles. The summed E-state index contributed by atoms with van der Waals surface area (Å²) in [4.78, 5) is 16.6. The molecule has 0 radical (unpaired) electrons. The molecule has 0 saturated carbocycles. The second kappa shape index (κ2) is 6.73. The van der Waals surface area contributed by atoms with Crippen molar-refractivity contribution in [2.75, 3.05) is 5.32 Å². The Morgan fingerprint density at radius 2 is 1.96 bits per heavy atom. The molecule has 2 aromatic carbocycles. The largest absolute Gasteiger partial charge is 0.319 e. The number of anilines is 1. The van der Waals surface area contributed by atoms with E-state index in [1.807, 2.05) is 0 Å². The van der Waals surface area contributed by atoms with Gasteiger partial charge < -0.3 is 5.32 Å². The molecule has 0 bridgehead atoms. The molecule has 2 heterocycles. The minimum absolute atomic E-state index is 0.0986. The number of benzene rings is 2. The van der Waals surface area contributed by atoms with Gasteiger partial charge in [0.15, 0.2) is 5.65 Å². The van der Waals surface area contributed by atoms with Gasteiger partial charge in [0.2, 0.25) is 0 Å². The molecule has 134 valence electrons.